The molecule has 2 aromatic rings. The molecule has 2 aromatic carbocycles. The molecule has 20 heavy (non-hydrogen) atoms. The van der Waals surface area contributed by atoms with Gasteiger partial charge >= 0.3 is 0 Å². The lowest BCUT2D eigenvalue weighted by molar-refractivity contribution is 0.385. The Balaban J connectivity index is 1.59. The first kappa shape index (κ1) is 13.6. The zero-order valence-corrected chi connectivity index (χ0v) is 13.3. The molecule has 0 aromatic heterocycles. The number of ether oxygens (including phenoxy) is 1. The van der Waals surface area contributed by atoms with Gasteiger partial charge in [0.2, 0.25) is 0 Å². The van der Waals surface area contributed by atoms with Crippen molar-refractivity contribution in [3.63, 3.8) is 0 Å². The van der Waals surface area contributed by atoms with Crippen LogP contribution < -0.4 is 5.19 Å². The maximum atomic E-state index is 6.02. The Labute approximate surface area is 122 Å². The van der Waals surface area contributed by atoms with Gasteiger partial charge < -0.3 is 4.74 Å². The molecule has 1 saturated heterocycles. The highest BCUT2D eigenvalue weighted by molar-refractivity contribution is 6.91. The fourth-order valence-electron chi connectivity index (χ4n) is 2.98. The van der Waals surface area contributed by atoms with Crippen LogP contribution in [0.15, 0.2) is 60.7 Å². The Kier molecular flexibility index (Phi) is 3.77. The molecule has 0 unspecified atom stereocenters. The van der Waals surface area contributed by atoms with Crippen LogP contribution in [0.4, 0.5) is 0 Å². The predicted octanol–water partition coefficient (Wildman–Crippen LogP) is 3.54. The van der Waals surface area contributed by atoms with Crippen LogP contribution in [0.1, 0.15) is 12.0 Å². The predicted molar refractivity (Wildman–Crippen MR) is 87.0 cm³/mol. The zero-order valence-electron chi connectivity index (χ0n) is 12.3. The first-order valence-corrected chi connectivity index (χ1v) is 10.5. The molecule has 0 bridgehead atoms. The van der Waals surface area contributed by atoms with Crippen LogP contribution in [-0.2, 0) is 11.2 Å². The molecule has 0 saturated carbocycles. The van der Waals surface area contributed by atoms with Crippen molar-refractivity contribution in [2.45, 2.75) is 37.8 Å². The summed E-state index contributed by atoms with van der Waals surface area (Å²) < 4.78 is 6.02. The van der Waals surface area contributed by atoms with Gasteiger partial charge in [0.1, 0.15) is 8.07 Å². The van der Waals surface area contributed by atoms with Crippen molar-refractivity contribution >= 4 is 13.3 Å². The van der Waals surface area contributed by atoms with Crippen molar-refractivity contribution < 1.29 is 4.74 Å². The topological polar surface area (TPSA) is 12.5 Å². The van der Waals surface area contributed by atoms with Gasteiger partial charge in [-0.25, -0.2) is 0 Å². The van der Waals surface area contributed by atoms with Crippen LogP contribution in [0.2, 0.25) is 13.1 Å². The van der Waals surface area contributed by atoms with E-state index in [0.29, 0.717) is 11.8 Å². The molecule has 2 heteroatoms. The minimum Gasteiger partial charge on any atom is -0.373 e. The quantitative estimate of drug-likeness (QED) is 0.603. The average molecular weight is 282 g/mol. The summed E-state index contributed by atoms with van der Waals surface area (Å²) in [5.74, 6) is 0. The summed E-state index contributed by atoms with van der Waals surface area (Å²) in [6.07, 6.45) is 2.75. The van der Waals surface area contributed by atoms with Crippen molar-refractivity contribution in [2.24, 2.45) is 0 Å². The smallest absolute Gasteiger partial charge is 0.116 e. The van der Waals surface area contributed by atoms with Crippen LogP contribution in [0.25, 0.3) is 0 Å². The number of hydrogen-bond acceptors (Lipinski definition) is 1. The molecular formula is C18H22OSi. The van der Waals surface area contributed by atoms with E-state index in [-0.39, 0.29) is 0 Å². The third-order valence-electron chi connectivity index (χ3n) is 4.37. The monoisotopic (exact) mass is 282 g/mol. The highest BCUT2D eigenvalue weighted by Gasteiger charge is 2.50. The second-order valence-electron chi connectivity index (χ2n) is 6.21. The van der Waals surface area contributed by atoms with E-state index < -0.39 is 8.07 Å². The van der Waals surface area contributed by atoms with Crippen molar-refractivity contribution in [3.8, 4) is 0 Å². The molecular weight excluding hydrogens is 260 g/mol. The van der Waals surface area contributed by atoms with Gasteiger partial charge in [-0.15, -0.1) is 0 Å². The molecule has 1 fully saturated rings. The summed E-state index contributed by atoms with van der Waals surface area (Å²) in [7, 11) is -1.47. The van der Waals surface area contributed by atoms with E-state index in [1.165, 1.54) is 10.8 Å². The highest BCUT2D eigenvalue weighted by Crippen LogP contribution is 2.34. The van der Waals surface area contributed by atoms with Gasteiger partial charge in [-0.3, -0.25) is 0 Å². The molecule has 1 heterocycles. The number of aryl methyl sites for hydroxylation is 1. The maximum Gasteiger partial charge on any atom is 0.116 e. The third kappa shape index (κ3) is 2.86. The van der Waals surface area contributed by atoms with Crippen molar-refractivity contribution in [3.05, 3.63) is 66.2 Å². The minimum atomic E-state index is -1.47. The Bertz CT molecular complexity index is 550. The molecule has 0 radical (unpaired) electrons. The summed E-state index contributed by atoms with van der Waals surface area (Å²) in [5.41, 5.74) is 1.91. The molecule has 1 aliphatic rings. The van der Waals surface area contributed by atoms with E-state index in [2.05, 4.69) is 73.8 Å². The van der Waals surface area contributed by atoms with Crippen molar-refractivity contribution in [1.82, 2.24) is 0 Å². The lowest BCUT2D eigenvalue weighted by atomic mass is 10.1. The van der Waals surface area contributed by atoms with Gasteiger partial charge in [-0.05, 0) is 18.4 Å². The molecule has 0 aliphatic carbocycles. The van der Waals surface area contributed by atoms with E-state index in [4.69, 9.17) is 4.74 Å². The number of epoxide rings is 1. The fraction of sp³-hybridized carbons (Fsp3) is 0.333. The van der Waals surface area contributed by atoms with Gasteiger partial charge in [-0.1, -0.05) is 78.9 Å². The third-order valence-corrected chi connectivity index (χ3v) is 8.12. The molecule has 1 aliphatic heterocycles. The van der Waals surface area contributed by atoms with Crippen LogP contribution in [0.3, 0.4) is 0 Å². The highest BCUT2D eigenvalue weighted by atomic mass is 28.3. The summed E-state index contributed by atoms with van der Waals surface area (Å²) in [5, 5.41) is 1.51. The van der Waals surface area contributed by atoms with E-state index in [1.807, 2.05) is 0 Å². The standard InChI is InChI=1S/C18H22OSi/c1-20(2,16-11-7-4-8-12-16)18-17(19-18)14-13-15-9-5-3-6-10-15/h3-12,17-18H,13-14H2,1-2H3/t17-,18-/m0/s1. The number of hydrogen-bond donors (Lipinski definition) is 0. The fourth-order valence-corrected chi connectivity index (χ4v) is 5.97. The first-order chi connectivity index (χ1) is 9.68. The maximum absolute atomic E-state index is 6.02. The second kappa shape index (κ2) is 5.55. The Morgan fingerprint density at radius 2 is 1.50 bits per heavy atom. The second-order valence-corrected chi connectivity index (χ2v) is 10.8. The van der Waals surface area contributed by atoms with Gasteiger partial charge in [0.05, 0.1) is 11.8 Å². The van der Waals surface area contributed by atoms with Gasteiger partial charge in [-0.2, -0.15) is 0 Å². The van der Waals surface area contributed by atoms with E-state index >= 15 is 0 Å². The van der Waals surface area contributed by atoms with Gasteiger partial charge in [0.25, 0.3) is 0 Å². The molecule has 3 rings (SSSR count). The number of benzene rings is 2. The molecule has 1 nitrogen and oxygen atoms in total. The molecule has 104 valence electrons. The van der Waals surface area contributed by atoms with Crippen molar-refractivity contribution in [1.29, 1.82) is 0 Å². The molecule has 0 amide bonds. The zero-order chi connectivity index (χ0) is 14.0. The Morgan fingerprint density at radius 3 is 2.15 bits per heavy atom. The van der Waals surface area contributed by atoms with Crippen molar-refractivity contribution in [2.75, 3.05) is 0 Å². The van der Waals surface area contributed by atoms with Crippen LogP contribution in [-0.4, -0.2) is 19.9 Å². The summed E-state index contributed by atoms with van der Waals surface area (Å²) in [6, 6.07) is 21.6. The SMILES string of the molecule is C[Si](C)(c1ccccc1)[C@@H]1O[C@H]1CCc1ccccc1. The molecule has 2 atom stereocenters. The summed E-state index contributed by atoms with van der Waals surface area (Å²) >= 11 is 0. The Morgan fingerprint density at radius 1 is 0.900 bits per heavy atom. The molecule has 0 N–H and O–H groups in total. The Hall–Kier alpha value is -1.38. The van der Waals surface area contributed by atoms with E-state index in [0.717, 1.165) is 12.8 Å². The lowest BCUT2D eigenvalue weighted by Gasteiger charge is -2.20. The first-order valence-electron chi connectivity index (χ1n) is 7.43. The van der Waals surface area contributed by atoms with Gasteiger partial charge in [0, 0.05) is 0 Å². The molecule has 0 spiro atoms. The normalized spacial score (nSPS) is 21.7. The lowest BCUT2D eigenvalue weighted by Crippen LogP contribution is -2.48. The van der Waals surface area contributed by atoms with Crippen LogP contribution >= 0.6 is 0 Å². The van der Waals surface area contributed by atoms with Crippen LogP contribution in [0.5, 0.6) is 0 Å². The van der Waals surface area contributed by atoms with Crippen LogP contribution in [0, 0.1) is 0 Å². The average Bonchev–Trinajstić information content (AvgIpc) is 3.28. The minimum absolute atomic E-state index is 0.470. The van der Waals surface area contributed by atoms with E-state index in [1.54, 1.807) is 0 Å². The van der Waals surface area contributed by atoms with Gasteiger partial charge in [0.15, 0.2) is 0 Å². The number of rotatable bonds is 5. The summed E-state index contributed by atoms with van der Waals surface area (Å²) in [4.78, 5) is 0. The largest absolute Gasteiger partial charge is 0.373 e. The summed E-state index contributed by atoms with van der Waals surface area (Å²) in [6.45, 7) is 4.85. The van der Waals surface area contributed by atoms with E-state index in [9.17, 15) is 0 Å².